The van der Waals surface area contributed by atoms with Crippen LogP contribution in [0, 0.1) is 0 Å². The van der Waals surface area contributed by atoms with Crippen molar-refractivity contribution in [2.45, 2.75) is 0 Å². The van der Waals surface area contributed by atoms with Gasteiger partial charge in [-0.3, -0.25) is 0 Å². The van der Waals surface area contributed by atoms with Gasteiger partial charge in [0, 0.05) is 37.1 Å². The molecule has 11 aromatic rings. The first-order valence-corrected chi connectivity index (χ1v) is 21.3. The molecular weight excluding hydrogens is 743 g/mol. The van der Waals surface area contributed by atoms with E-state index in [0.29, 0.717) is 0 Å². The summed E-state index contributed by atoms with van der Waals surface area (Å²) < 4.78 is 2.65. The maximum atomic E-state index is 2.40. The Labute approximate surface area is 354 Å². The molecule has 0 spiro atoms. The molecule has 282 valence electrons. The van der Waals surface area contributed by atoms with E-state index in [9.17, 15) is 0 Å². The van der Waals surface area contributed by atoms with Gasteiger partial charge in [-0.1, -0.05) is 194 Å². The molecule has 0 radical (unpaired) electrons. The Balaban J connectivity index is 0.999. The molecule has 0 aliphatic carbocycles. The van der Waals surface area contributed by atoms with Gasteiger partial charge < -0.3 is 4.90 Å². The van der Waals surface area contributed by atoms with Gasteiger partial charge in [0.1, 0.15) is 0 Å². The lowest BCUT2D eigenvalue weighted by atomic mass is 9.95. The van der Waals surface area contributed by atoms with Crippen LogP contribution in [-0.2, 0) is 0 Å². The van der Waals surface area contributed by atoms with Crippen LogP contribution in [0.25, 0.3) is 86.6 Å². The lowest BCUT2D eigenvalue weighted by Gasteiger charge is -2.28. The third-order valence-corrected chi connectivity index (χ3v) is 12.9. The number of para-hydroxylation sites is 1. The molecule has 0 atom stereocenters. The van der Waals surface area contributed by atoms with Crippen LogP contribution in [0.1, 0.15) is 0 Å². The summed E-state index contributed by atoms with van der Waals surface area (Å²) in [6.45, 7) is 0. The highest BCUT2D eigenvalue weighted by atomic mass is 32.1. The molecule has 60 heavy (non-hydrogen) atoms. The standard InChI is InChI=1S/C58H39NS/c1-2-13-40(14-3-1)41-27-29-44(30-28-41)52-20-6-8-25-56(52)59(49-37-33-45(34-38-49)53-23-12-24-55-54-21-7-9-26-57(54)60-58(53)55)48-35-31-42(32-36-48)46-17-10-18-47(39-46)51-22-11-16-43-15-4-5-19-50(43)51/h1-39H. The van der Waals surface area contributed by atoms with Gasteiger partial charge in [-0.25, -0.2) is 0 Å². The largest absolute Gasteiger partial charge is 0.310 e. The van der Waals surface area contributed by atoms with Crippen molar-refractivity contribution in [3.8, 4) is 55.6 Å². The zero-order chi connectivity index (χ0) is 39.8. The van der Waals surface area contributed by atoms with E-state index in [4.69, 9.17) is 0 Å². The van der Waals surface area contributed by atoms with Gasteiger partial charge in [0.15, 0.2) is 0 Å². The van der Waals surface area contributed by atoms with Crippen molar-refractivity contribution in [2.24, 2.45) is 0 Å². The molecule has 10 aromatic carbocycles. The first kappa shape index (κ1) is 35.6. The Kier molecular flexibility index (Phi) is 9.11. The molecule has 0 aliphatic rings. The molecule has 1 nitrogen and oxygen atoms in total. The highest BCUT2D eigenvalue weighted by molar-refractivity contribution is 7.26. The topological polar surface area (TPSA) is 3.24 Å². The Morgan fingerprint density at radius 2 is 0.767 bits per heavy atom. The van der Waals surface area contributed by atoms with Crippen LogP contribution in [0.2, 0.25) is 0 Å². The summed E-state index contributed by atoms with van der Waals surface area (Å²) in [7, 11) is 0. The van der Waals surface area contributed by atoms with Crippen molar-refractivity contribution in [1.29, 1.82) is 0 Å². The average Bonchev–Trinajstić information content (AvgIpc) is 3.72. The van der Waals surface area contributed by atoms with Gasteiger partial charge in [0.2, 0.25) is 0 Å². The van der Waals surface area contributed by atoms with Gasteiger partial charge >= 0.3 is 0 Å². The second kappa shape index (κ2) is 15.3. The van der Waals surface area contributed by atoms with E-state index in [0.717, 1.165) is 17.1 Å². The summed E-state index contributed by atoms with van der Waals surface area (Å²) in [6, 6.07) is 86.0. The normalized spacial score (nSPS) is 11.3. The van der Waals surface area contributed by atoms with Crippen molar-refractivity contribution in [3.63, 3.8) is 0 Å². The number of fused-ring (bicyclic) bond motifs is 4. The average molecular weight is 782 g/mol. The fourth-order valence-electron chi connectivity index (χ4n) is 8.72. The zero-order valence-electron chi connectivity index (χ0n) is 32.9. The third kappa shape index (κ3) is 6.54. The molecule has 0 amide bonds. The van der Waals surface area contributed by atoms with Gasteiger partial charge in [0.25, 0.3) is 0 Å². The molecule has 11 rings (SSSR count). The second-order valence-corrected chi connectivity index (χ2v) is 16.3. The number of hydrogen-bond acceptors (Lipinski definition) is 2. The summed E-state index contributed by atoms with van der Waals surface area (Å²) in [5.41, 5.74) is 15.4. The molecular formula is C58H39NS. The van der Waals surface area contributed by atoms with Crippen molar-refractivity contribution >= 4 is 59.3 Å². The number of anilines is 3. The Bertz CT molecular complexity index is 3280. The summed E-state index contributed by atoms with van der Waals surface area (Å²) in [4.78, 5) is 2.40. The van der Waals surface area contributed by atoms with E-state index in [1.54, 1.807) is 0 Å². The first-order valence-electron chi connectivity index (χ1n) is 20.5. The van der Waals surface area contributed by atoms with Gasteiger partial charge in [-0.05, 0) is 103 Å². The third-order valence-electron chi connectivity index (χ3n) is 11.7. The summed E-state index contributed by atoms with van der Waals surface area (Å²) in [5.74, 6) is 0. The van der Waals surface area contributed by atoms with E-state index in [2.05, 4.69) is 241 Å². The molecule has 1 aromatic heterocycles. The van der Waals surface area contributed by atoms with Gasteiger partial charge in [0.05, 0.1) is 5.69 Å². The highest BCUT2D eigenvalue weighted by Gasteiger charge is 2.19. The Hall–Kier alpha value is -7.52. The van der Waals surface area contributed by atoms with Gasteiger partial charge in [-0.2, -0.15) is 0 Å². The van der Waals surface area contributed by atoms with Crippen molar-refractivity contribution in [1.82, 2.24) is 0 Å². The molecule has 0 aliphatic heterocycles. The monoisotopic (exact) mass is 781 g/mol. The predicted octanol–water partition coefficient (Wildman–Crippen LogP) is 17.0. The molecule has 2 heteroatoms. The van der Waals surface area contributed by atoms with Crippen molar-refractivity contribution in [2.75, 3.05) is 4.90 Å². The fourth-order valence-corrected chi connectivity index (χ4v) is 9.96. The Morgan fingerprint density at radius 3 is 1.58 bits per heavy atom. The first-order chi connectivity index (χ1) is 29.7. The maximum absolute atomic E-state index is 2.40. The van der Waals surface area contributed by atoms with Crippen molar-refractivity contribution < 1.29 is 0 Å². The van der Waals surface area contributed by atoms with Crippen LogP contribution >= 0.6 is 11.3 Å². The number of rotatable bonds is 8. The van der Waals surface area contributed by atoms with E-state index >= 15 is 0 Å². The van der Waals surface area contributed by atoms with Crippen LogP contribution in [0.5, 0.6) is 0 Å². The van der Waals surface area contributed by atoms with Crippen LogP contribution in [0.3, 0.4) is 0 Å². The van der Waals surface area contributed by atoms with Crippen LogP contribution < -0.4 is 4.90 Å². The number of benzene rings is 10. The van der Waals surface area contributed by atoms with E-state index in [1.807, 2.05) is 11.3 Å². The predicted molar refractivity (Wildman–Crippen MR) is 259 cm³/mol. The van der Waals surface area contributed by atoms with Crippen LogP contribution in [0.15, 0.2) is 237 Å². The number of thiophene rings is 1. The molecule has 0 saturated carbocycles. The van der Waals surface area contributed by atoms with Crippen LogP contribution in [0.4, 0.5) is 17.1 Å². The smallest absolute Gasteiger partial charge is 0.0540 e. The number of hydrogen-bond donors (Lipinski definition) is 0. The molecule has 0 fully saturated rings. The molecule has 0 N–H and O–H groups in total. The molecule has 1 heterocycles. The summed E-state index contributed by atoms with van der Waals surface area (Å²) in [5, 5.41) is 5.15. The van der Waals surface area contributed by atoms with Crippen molar-refractivity contribution in [3.05, 3.63) is 237 Å². The molecule has 0 unspecified atom stereocenters. The second-order valence-electron chi connectivity index (χ2n) is 15.3. The van der Waals surface area contributed by atoms with Gasteiger partial charge in [-0.15, -0.1) is 11.3 Å². The van der Waals surface area contributed by atoms with E-state index < -0.39 is 0 Å². The van der Waals surface area contributed by atoms with E-state index in [-0.39, 0.29) is 0 Å². The minimum Gasteiger partial charge on any atom is -0.310 e. The highest BCUT2D eigenvalue weighted by Crippen LogP contribution is 2.44. The Morgan fingerprint density at radius 1 is 0.283 bits per heavy atom. The summed E-state index contributed by atoms with van der Waals surface area (Å²) in [6.07, 6.45) is 0. The molecule has 0 saturated heterocycles. The molecule has 0 bridgehead atoms. The zero-order valence-corrected chi connectivity index (χ0v) is 33.7. The quantitative estimate of drug-likeness (QED) is 0.148. The lowest BCUT2D eigenvalue weighted by Crippen LogP contribution is -2.11. The lowest BCUT2D eigenvalue weighted by molar-refractivity contribution is 1.28. The minimum absolute atomic E-state index is 1.09. The van der Waals surface area contributed by atoms with Crippen LogP contribution in [-0.4, -0.2) is 0 Å². The summed E-state index contributed by atoms with van der Waals surface area (Å²) >= 11 is 1.88. The SMILES string of the molecule is c1ccc(-c2ccc(-c3ccccc3N(c3ccc(-c4cccc(-c5cccc6ccccc56)c4)cc3)c3ccc(-c4cccc5c4sc4ccccc45)cc3)cc2)cc1. The fraction of sp³-hybridized carbons (Fsp3) is 0. The maximum Gasteiger partial charge on any atom is 0.0540 e. The number of nitrogens with zero attached hydrogens (tertiary/aromatic N) is 1. The minimum atomic E-state index is 1.09. The van der Waals surface area contributed by atoms with E-state index in [1.165, 1.54) is 86.6 Å².